The number of aryl methyl sites for hydroxylation is 1. The highest BCUT2D eigenvalue weighted by molar-refractivity contribution is 5.89. The zero-order valence-electron chi connectivity index (χ0n) is 29.2. The number of benzene rings is 3. The summed E-state index contributed by atoms with van der Waals surface area (Å²) in [7, 11) is 0. The van der Waals surface area contributed by atoms with Crippen molar-refractivity contribution in [2.45, 2.75) is 64.9 Å². The van der Waals surface area contributed by atoms with Gasteiger partial charge in [-0.3, -0.25) is 19.6 Å². The van der Waals surface area contributed by atoms with Crippen molar-refractivity contribution >= 4 is 29.8 Å². The highest BCUT2D eigenvalue weighted by Crippen LogP contribution is 2.31. The van der Waals surface area contributed by atoms with Crippen molar-refractivity contribution in [3.63, 3.8) is 0 Å². The van der Waals surface area contributed by atoms with E-state index < -0.39 is 5.97 Å². The molecule has 0 aromatic heterocycles. The molecule has 3 aromatic carbocycles. The molecule has 0 unspecified atom stereocenters. The van der Waals surface area contributed by atoms with Crippen LogP contribution in [0.2, 0.25) is 0 Å². The molecule has 2 saturated carbocycles. The molecule has 2 fully saturated rings. The standard InChI is InChI=1S/C23H27N3O4.C16H23N3O2/c24-23(25)26-14-16-6-8-19(9-7-16)22(28)30-20-12-10-18(11-13-20)21(27)29-15-17-4-2-1-3-5-17;1-11-2-8-14(9-3-11)21-15(20)13-6-4-12(5-7-13)10-19-16(17)18/h1-5,10-13,16,19H,6-9,14-15H2,(H4,24,25,26);2-3,8-9,12-13H,4-7,10H2,1H3,(H4,17,18,19). The van der Waals surface area contributed by atoms with E-state index in [-0.39, 0.29) is 42.3 Å². The molecule has 0 saturated heterocycles. The van der Waals surface area contributed by atoms with E-state index in [1.54, 1.807) is 24.3 Å². The summed E-state index contributed by atoms with van der Waals surface area (Å²) in [6.07, 6.45) is 6.91. The van der Waals surface area contributed by atoms with Crippen LogP contribution in [0, 0.1) is 30.6 Å². The van der Waals surface area contributed by atoms with Crippen molar-refractivity contribution in [1.29, 1.82) is 0 Å². The van der Waals surface area contributed by atoms with Crippen LogP contribution in [0.25, 0.3) is 0 Å². The van der Waals surface area contributed by atoms with Gasteiger partial charge in [0, 0.05) is 13.1 Å². The lowest BCUT2D eigenvalue weighted by molar-refractivity contribution is -0.141. The van der Waals surface area contributed by atoms with Crippen molar-refractivity contribution in [2.24, 2.45) is 56.6 Å². The van der Waals surface area contributed by atoms with Gasteiger partial charge in [0.2, 0.25) is 0 Å². The van der Waals surface area contributed by atoms with E-state index >= 15 is 0 Å². The van der Waals surface area contributed by atoms with E-state index in [0.29, 0.717) is 42.0 Å². The number of hydrogen-bond donors (Lipinski definition) is 4. The van der Waals surface area contributed by atoms with E-state index in [9.17, 15) is 14.4 Å². The number of esters is 3. The summed E-state index contributed by atoms with van der Waals surface area (Å²) in [5.41, 5.74) is 23.9. The maximum atomic E-state index is 12.4. The Bertz CT molecular complexity index is 1600. The van der Waals surface area contributed by atoms with Crippen LogP contribution in [0.15, 0.2) is 88.8 Å². The van der Waals surface area contributed by atoms with Gasteiger partial charge in [-0.25, -0.2) is 4.79 Å². The first-order chi connectivity index (χ1) is 24.5. The molecule has 0 atom stereocenters. The zero-order valence-corrected chi connectivity index (χ0v) is 29.2. The van der Waals surface area contributed by atoms with Crippen LogP contribution in [0.1, 0.15) is 72.9 Å². The minimum Gasteiger partial charge on any atom is -0.457 e. The third-order valence-electron chi connectivity index (χ3n) is 9.18. The van der Waals surface area contributed by atoms with Gasteiger partial charge in [0.05, 0.1) is 17.4 Å². The number of nitrogens with zero attached hydrogens (tertiary/aromatic N) is 2. The Morgan fingerprint density at radius 1 is 0.608 bits per heavy atom. The van der Waals surface area contributed by atoms with Gasteiger partial charge in [-0.1, -0.05) is 48.0 Å². The van der Waals surface area contributed by atoms with Gasteiger partial charge in [-0.2, -0.15) is 0 Å². The number of guanidine groups is 2. The minimum absolute atomic E-state index is 0.0123. The first-order valence-electron chi connectivity index (χ1n) is 17.5. The van der Waals surface area contributed by atoms with Crippen LogP contribution in [-0.4, -0.2) is 42.9 Å². The van der Waals surface area contributed by atoms with Gasteiger partial charge < -0.3 is 37.1 Å². The second-order valence-electron chi connectivity index (χ2n) is 13.2. The molecule has 2 aliphatic carbocycles. The molecule has 272 valence electrons. The summed E-state index contributed by atoms with van der Waals surface area (Å²) in [6.45, 7) is 3.47. The molecule has 0 bridgehead atoms. The van der Waals surface area contributed by atoms with E-state index in [4.69, 9.17) is 37.1 Å². The number of ether oxygens (including phenoxy) is 3. The fraction of sp³-hybridized carbons (Fsp3) is 0.410. The maximum Gasteiger partial charge on any atom is 0.338 e. The predicted molar refractivity (Wildman–Crippen MR) is 197 cm³/mol. The highest BCUT2D eigenvalue weighted by atomic mass is 16.5. The predicted octanol–water partition coefficient (Wildman–Crippen LogP) is 5.01. The first kappa shape index (κ1) is 38.4. The largest absolute Gasteiger partial charge is 0.457 e. The molecule has 0 radical (unpaired) electrons. The van der Waals surface area contributed by atoms with Crippen LogP contribution in [0.3, 0.4) is 0 Å². The first-order valence-corrected chi connectivity index (χ1v) is 17.5. The minimum atomic E-state index is -0.421. The lowest BCUT2D eigenvalue weighted by atomic mass is 9.82. The van der Waals surface area contributed by atoms with E-state index in [2.05, 4.69) is 9.98 Å². The van der Waals surface area contributed by atoms with E-state index in [1.807, 2.05) is 61.5 Å². The molecular weight excluding hydrogens is 648 g/mol. The number of carbonyl (C=O) groups excluding carboxylic acids is 3. The van der Waals surface area contributed by atoms with Crippen LogP contribution >= 0.6 is 0 Å². The summed E-state index contributed by atoms with van der Waals surface area (Å²) in [6, 6.07) is 23.4. The van der Waals surface area contributed by atoms with Crippen LogP contribution in [0.4, 0.5) is 0 Å². The average Bonchev–Trinajstić information content (AvgIpc) is 3.14. The van der Waals surface area contributed by atoms with Gasteiger partial charge in [0.15, 0.2) is 11.9 Å². The molecule has 51 heavy (non-hydrogen) atoms. The summed E-state index contributed by atoms with van der Waals surface area (Å²) in [5.74, 6) is 1.21. The smallest absolute Gasteiger partial charge is 0.338 e. The SMILES string of the molecule is Cc1ccc(OC(=O)C2CCC(CN=C(N)N)CC2)cc1.NC(N)=NCC1CCC(C(=O)Oc2ccc(C(=O)OCc3ccccc3)cc2)CC1. The zero-order chi connectivity index (χ0) is 36.6. The molecule has 5 rings (SSSR count). The highest BCUT2D eigenvalue weighted by Gasteiger charge is 2.29. The molecule has 0 spiro atoms. The van der Waals surface area contributed by atoms with Gasteiger partial charge in [-0.05, 0) is 112 Å². The van der Waals surface area contributed by atoms with Crippen LogP contribution in [0.5, 0.6) is 11.5 Å². The quantitative estimate of drug-likeness (QED) is 0.0911. The number of aliphatic imine (C=N–C) groups is 2. The summed E-state index contributed by atoms with van der Waals surface area (Å²) < 4.78 is 16.2. The Morgan fingerprint density at radius 2 is 1.04 bits per heavy atom. The molecule has 0 aliphatic heterocycles. The van der Waals surface area contributed by atoms with Crippen molar-refractivity contribution < 1.29 is 28.6 Å². The summed E-state index contributed by atoms with van der Waals surface area (Å²) in [5, 5.41) is 0. The Hall–Kier alpha value is -5.39. The van der Waals surface area contributed by atoms with Gasteiger partial charge in [0.25, 0.3) is 0 Å². The molecule has 0 heterocycles. The third kappa shape index (κ3) is 13.4. The number of hydrogen-bond acceptors (Lipinski definition) is 8. The Morgan fingerprint density at radius 3 is 1.47 bits per heavy atom. The number of rotatable bonds is 11. The van der Waals surface area contributed by atoms with Crippen LogP contribution in [-0.2, 0) is 20.9 Å². The van der Waals surface area contributed by atoms with Crippen LogP contribution < -0.4 is 32.4 Å². The lowest BCUT2D eigenvalue weighted by Crippen LogP contribution is -2.28. The van der Waals surface area contributed by atoms with Gasteiger partial charge >= 0.3 is 17.9 Å². The average molecular weight is 699 g/mol. The number of carbonyl (C=O) groups is 3. The van der Waals surface area contributed by atoms with Crippen molar-refractivity contribution in [3.8, 4) is 11.5 Å². The van der Waals surface area contributed by atoms with Gasteiger partial charge in [0.1, 0.15) is 18.1 Å². The fourth-order valence-electron chi connectivity index (χ4n) is 6.10. The summed E-state index contributed by atoms with van der Waals surface area (Å²) in [4.78, 5) is 44.8. The second kappa shape index (κ2) is 19.7. The normalized spacial score (nSPS) is 19.6. The second-order valence-corrected chi connectivity index (χ2v) is 13.2. The molecule has 12 nitrogen and oxygen atoms in total. The molecular formula is C39H50N6O6. The number of nitrogens with two attached hydrogens (primary N) is 4. The lowest BCUT2D eigenvalue weighted by Gasteiger charge is -2.26. The Kier molecular flexibility index (Phi) is 14.8. The molecule has 8 N–H and O–H groups in total. The fourth-order valence-corrected chi connectivity index (χ4v) is 6.10. The van der Waals surface area contributed by atoms with Crippen molar-refractivity contribution in [3.05, 3.63) is 95.6 Å². The Labute approximate surface area is 299 Å². The topological polar surface area (TPSA) is 208 Å². The molecule has 12 heteroatoms. The maximum absolute atomic E-state index is 12.4. The van der Waals surface area contributed by atoms with Crippen molar-refractivity contribution in [1.82, 2.24) is 0 Å². The monoisotopic (exact) mass is 698 g/mol. The molecule has 2 aliphatic rings. The third-order valence-corrected chi connectivity index (χ3v) is 9.18. The molecule has 0 amide bonds. The van der Waals surface area contributed by atoms with E-state index in [0.717, 1.165) is 62.5 Å². The van der Waals surface area contributed by atoms with E-state index in [1.165, 1.54) is 0 Å². The Balaban J connectivity index is 0.000000244. The molecule has 3 aromatic rings. The van der Waals surface area contributed by atoms with Crippen molar-refractivity contribution in [2.75, 3.05) is 13.1 Å². The van der Waals surface area contributed by atoms with Gasteiger partial charge in [-0.15, -0.1) is 0 Å². The summed E-state index contributed by atoms with van der Waals surface area (Å²) >= 11 is 0.